The van der Waals surface area contributed by atoms with E-state index in [1.165, 1.54) is 12.4 Å². The van der Waals surface area contributed by atoms with Crippen LogP contribution in [0.4, 0.5) is 16.2 Å². The lowest BCUT2D eigenvalue weighted by Crippen LogP contribution is -2.31. The Bertz CT molecular complexity index is 827. The first-order valence-electron chi connectivity index (χ1n) is 7.09. The SMILES string of the molecule is O=C(OC1(Br)C=Nc2ccccc21)OC1(Br)C=Nc2ccccc21. The largest absolute Gasteiger partial charge is 0.512 e. The van der Waals surface area contributed by atoms with E-state index in [1.807, 2.05) is 48.5 Å². The van der Waals surface area contributed by atoms with Crippen LogP contribution in [0.1, 0.15) is 11.1 Å². The zero-order valence-corrected chi connectivity index (χ0v) is 15.3. The fourth-order valence-electron chi connectivity index (χ4n) is 2.62. The molecule has 0 fully saturated rings. The second kappa shape index (κ2) is 5.53. The van der Waals surface area contributed by atoms with Gasteiger partial charge in [0.2, 0.25) is 9.02 Å². The quantitative estimate of drug-likeness (QED) is 0.475. The van der Waals surface area contributed by atoms with Gasteiger partial charge in [0, 0.05) is 11.1 Å². The van der Waals surface area contributed by atoms with Crippen molar-refractivity contribution in [3.63, 3.8) is 0 Å². The number of para-hydroxylation sites is 2. The van der Waals surface area contributed by atoms with Crippen LogP contribution in [0.5, 0.6) is 0 Å². The molecule has 4 rings (SSSR count). The van der Waals surface area contributed by atoms with Crippen LogP contribution in [0.3, 0.4) is 0 Å². The van der Waals surface area contributed by atoms with Gasteiger partial charge in [-0.25, -0.2) is 4.79 Å². The normalized spacial score (nSPS) is 26.1. The van der Waals surface area contributed by atoms with E-state index in [0.717, 1.165) is 22.5 Å². The second-order valence-electron chi connectivity index (χ2n) is 5.29. The zero-order chi connectivity index (χ0) is 16.8. The molecule has 0 saturated carbocycles. The van der Waals surface area contributed by atoms with Crippen LogP contribution in [0, 0.1) is 0 Å². The fourth-order valence-corrected chi connectivity index (χ4v) is 3.76. The van der Waals surface area contributed by atoms with Gasteiger partial charge in [-0.1, -0.05) is 36.4 Å². The maximum absolute atomic E-state index is 12.4. The lowest BCUT2D eigenvalue weighted by atomic mass is 10.1. The van der Waals surface area contributed by atoms with Crippen molar-refractivity contribution < 1.29 is 14.3 Å². The summed E-state index contributed by atoms with van der Waals surface area (Å²) in [6.45, 7) is 0. The molecule has 0 amide bonds. The number of ether oxygens (including phenoxy) is 2. The molecule has 0 N–H and O–H groups in total. The van der Waals surface area contributed by atoms with Gasteiger partial charge in [-0.2, -0.15) is 0 Å². The number of fused-ring (bicyclic) bond motifs is 2. The predicted octanol–water partition coefficient (Wildman–Crippen LogP) is 5.07. The summed E-state index contributed by atoms with van der Waals surface area (Å²) in [6, 6.07) is 14.8. The molecule has 2 aliphatic rings. The fraction of sp³-hybridized carbons (Fsp3) is 0.118. The summed E-state index contributed by atoms with van der Waals surface area (Å²) < 4.78 is 8.68. The number of hydrogen-bond acceptors (Lipinski definition) is 5. The monoisotopic (exact) mass is 448 g/mol. The van der Waals surface area contributed by atoms with Crippen LogP contribution < -0.4 is 0 Å². The van der Waals surface area contributed by atoms with Crippen molar-refractivity contribution >= 4 is 61.8 Å². The van der Waals surface area contributed by atoms with Crippen molar-refractivity contribution in [1.82, 2.24) is 0 Å². The molecule has 2 unspecified atom stereocenters. The molecule has 0 bridgehead atoms. The molecule has 0 spiro atoms. The maximum Gasteiger partial charge on any atom is 0.512 e. The minimum Gasteiger partial charge on any atom is -0.406 e. The Morgan fingerprint density at radius 2 is 1.21 bits per heavy atom. The van der Waals surface area contributed by atoms with Gasteiger partial charge in [-0.05, 0) is 44.0 Å². The first-order chi connectivity index (χ1) is 11.5. The Kier molecular flexibility index (Phi) is 3.58. The summed E-state index contributed by atoms with van der Waals surface area (Å²) >= 11 is 6.85. The van der Waals surface area contributed by atoms with Crippen LogP contribution in [-0.4, -0.2) is 18.6 Å². The number of carbonyl (C=O) groups is 1. The molecule has 2 aromatic carbocycles. The van der Waals surface area contributed by atoms with E-state index in [4.69, 9.17) is 9.47 Å². The first-order valence-corrected chi connectivity index (χ1v) is 8.68. The summed E-state index contributed by atoms with van der Waals surface area (Å²) in [6.07, 6.45) is 2.20. The van der Waals surface area contributed by atoms with Gasteiger partial charge < -0.3 is 9.47 Å². The van der Waals surface area contributed by atoms with Crippen molar-refractivity contribution in [1.29, 1.82) is 0 Å². The predicted molar refractivity (Wildman–Crippen MR) is 98.0 cm³/mol. The minimum atomic E-state index is -1.14. The molecule has 7 heteroatoms. The van der Waals surface area contributed by atoms with E-state index in [-0.39, 0.29) is 0 Å². The van der Waals surface area contributed by atoms with E-state index < -0.39 is 15.2 Å². The van der Waals surface area contributed by atoms with Gasteiger partial charge in [0.15, 0.2) is 0 Å². The lowest BCUT2D eigenvalue weighted by molar-refractivity contribution is 0.0180. The van der Waals surface area contributed by atoms with Gasteiger partial charge in [-0.3, -0.25) is 9.98 Å². The molecule has 0 radical (unpaired) electrons. The van der Waals surface area contributed by atoms with Gasteiger partial charge >= 0.3 is 6.16 Å². The number of benzene rings is 2. The minimum absolute atomic E-state index is 0.739. The van der Waals surface area contributed by atoms with Gasteiger partial charge in [0.25, 0.3) is 0 Å². The highest BCUT2D eigenvalue weighted by Crippen LogP contribution is 2.45. The number of rotatable bonds is 2. The zero-order valence-electron chi connectivity index (χ0n) is 12.1. The average molecular weight is 450 g/mol. The Morgan fingerprint density at radius 1 is 0.792 bits per heavy atom. The highest BCUT2D eigenvalue weighted by atomic mass is 79.9. The Morgan fingerprint density at radius 3 is 1.67 bits per heavy atom. The highest BCUT2D eigenvalue weighted by Gasteiger charge is 2.43. The van der Waals surface area contributed by atoms with E-state index in [0.29, 0.717) is 0 Å². The smallest absolute Gasteiger partial charge is 0.406 e. The maximum atomic E-state index is 12.4. The molecule has 2 aromatic rings. The van der Waals surface area contributed by atoms with E-state index in [2.05, 4.69) is 41.8 Å². The summed E-state index contributed by atoms with van der Waals surface area (Å²) in [5, 5.41) is 0. The standard InChI is InChI=1S/C17H10Br2N2O3/c18-16(9-20-13-7-3-1-5-11(13)16)23-15(22)24-17(19)10-21-14-8-4-2-6-12(14)17/h1-10H. The van der Waals surface area contributed by atoms with E-state index in [9.17, 15) is 4.79 Å². The topological polar surface area (TPSA) is 60.2 Å². The Balaban J connectivity index is 1.55. The van der Waals surface area contributed by atoms with E-state index >= 15 is 0 Å². The van der Waals surface area contributed by atoms with Crippen molar-refractivity contribution in [2.45, 2.75) is 9.02 Å². The molecule has 0 aliphatic carbocycles. The third-order valence-electron chi connectivity index (χ3n) is 3.75. The molecule has 2 heterocycles. The van der Waals surface area contributed by atoms with Crippen LogP contribution >= 0.6 is 31.9 Å². The van der Waals surface area contributed by atoms with Crippen molar-refractivity contribution in [3.8, 4) is 0 Å². The van der Waals surface area contributed by atoms with Gasteiger partial charge in [-0.15, -0.1) is 0 Å². The molecule has 24 heavy (non-hydrogen) atoms. The second-order valence-corrected chi connectivity index (χ2v) is 7.65. The highest BCUT2D eigenvalue weighted by molar-refractivity contribution is 9.10. The summed E-state index contributed by atoms with van der Waals surface area (Å²) in [4.78, 5) is 20.9. The summed E-state index contributed by atoms with van der Waals surface area (Å²) in [5.41, 5.74) is 2.96. The average Bonchev–Trinajstić information content (AvgIpc) is 3.07. The molecule has 120 valence electrons. The first kappa shape index (κ1) is 15.5. The Hall–Kier alpha value is -1.99. The Labute approximate surface area is 154 Å². The molecule has 2 aliphatic heterocycles. The third kappa shape index (κ3) is 2.48. The van der Waals surface area contributed by atoms with Crippen LogP contribution in [0.25, 0.3) is 0 Å². The number of nitrogens with zero attached hydrogens (tertiary/aromatic N) is 2. The number of hydrogen-bond donors (Lipinski definition) is 0. The lowest BCUT2D eigenvalue weighted by Gasteiger charge is -2.25. The number of alkyl halides is 2. The third-order valence-corrected chi connectivity index (χ3v) is 5.33. The van der Waals surface area contributed by atoms with Crippen molar-refractivity contribution in [2.24, 2.45) is 9.98 Å². The molecule has 5 nitrogen and oxygen atoms in total. The molecule has 0 aromatic heterocycles. The van der Waals surface area contributed by atoms with Gasteiger partial charge in [0.05, 0.1) is 23.8 Å². The summed E-state index contributed by atoms with van der Waals surface area (Å²) in [5.74, 6) is 0. The molecular formula is C17H10Br2N2O3. The summed E-state index contributed by atoms with van der Waals surface area (Å²) in [7, 11) is 0. The molecule has 2 atom stereocenters. The number of carbonyl (C=O) groups excluding carboxylic acids is 1. The molecule has 0 saturated heterocycles. The molecular weight excluding hydrogens is 440 g/mol. The van der Waals surface area contributed by atoms with Crippen molar-refractivity contribution in [3.05, 3.63) is 59.7 Å². The van der Waals surface area contributed by atoms with Crippen molar-refractivity contribution in [2.75, 3.05) is 0 Å². The van der Waals surface area contributed by atoms with Crippen LogP contribution in [0.2, 0.25) is 0 Å². The van der Waals surface area contributed by atoms with Gasteiger partial charge in [0.1, 0.15) is 0 Å². The van der Waals surface area contributed by atoms with E-state index in [1.54, 1.807) is 0 Å². The van der Waals surface area contributed by atoms with Crippen LogP contribution in [0.15, 0.2) is 58.5 Å². The number of halogens is 2. The number of aliphatic imine (C=N–C) groups is 2. The van der Waals surface area contributed by atoms with Crippen LogP contribution in [-0.2, 0) is 18.5 Å².